The molecule has 0 saturated heterocycles. The lowest BCUT2D eigenvalue weighted by atomic mass is 9.90. The topological polar surface area (TPSA) is 0 Å². The molecule has 3 atom stereocenters. The highest BCUT2D eigenvalue weighted by Gasteiger charge is 2.29. The maximum absolute atomic E-state index is 2.83. The molecule has 0 fully saturated rings. The Kier molecular flexibility index (Phi) is 20.0. The molecule has 128 valence electrons. The maximum atomic E-state index is 2.83. The van der Waals surface area contributed by atoms with Crippen LogP contribution in [0.15, 0.2) is 0 Å². The van der Waals surface area contributed by atoms with Crippen molar-refractivity contribution < 1.29 is 0 Å². The molecule has 3 unspecified atom stereocenters. The van der Waals surface area contributed by atoms with Crippen molar-refractivity contribution in [3.63, 3.8) is 0 Å². The first-order valence-electron chi connectivity index (χ1n) is 7.62. The highest BCUT2D eigenvalue weighted by atomic mass is 127. The zero-order valence-corrected chi connectivity index (χ0v) is 25.4. The second-order valence-corrected chi connectivity index (χ2v) is 14.6. The van der Waals surface area contributed by atoms with E-state index >= 15 is 0 Å². The van der Waals surface area contributed by atoms with Crippen molar-refractivity contribution in [1.82, 2.24) is 0 Å². The van der Waals surface area contributed by atoms with Crippen LogP contribution in [0.1, 0.15) is 57.8 Å². The summed E-state index contributed by atoms with van der Waals surface area (Å²) in [6.07, 6.45) is 12.7. The predicted octanol–water partition coefficient (Wildman–Crippen LogP) is 8.58. The lowest BCUT2D eigenvalue weighted by Gasteiger charge is -2.31. The molecule has 0 heterocycles. The number of rotatable bonds is 14. The van der Waals surface area contributed by atoms with E-state index in [9.17, 15) is 0 Å². The van der Waals surface area contributed by atoms with Gasteiger partial charge in [0.05, 0.1) is 0 Å². The van der Waals surface area contributed by atoms with Crippen molar-refractivity contribution in [3.8, 4) is 0 Å². The van der Waals surface area contributed by atoms with Crippen molar-refractivity contribution in [2.75, 3.05) is 13.3 Å². The summed E-state index contributed by atoms with van der Waals surface area (Å²) < 4.78 is 6.23. The van der Waals surface area contributed by atoms with Gasteiger partial charge >= 0.3 is 0 Å². The minimum absolute atomic E-state index is 0.551. The van der Waals surface area contributed by atoms with Gasteiger partial charge in [-0.3, -0.25) is 0 Å². The third-order valence-corrected chi connectivity index (χ3v) is 9.55. The Bertz CT molecular complexity index is 238. The highest BCUT2D eigenvalue weighted by molar-refractivity contribution is 14.1. The lowest BCUT2D eigenvalue weighted by Crippen LogP contribution is -2.26. The van der Waals surface area contributed by atoms with Crippen molar-refractivity contribution >= 4 is 136 Å². The van der Waals surface area contributed by atoms with Crippen LogP contribution in [0.25, 0.3) is 0 Å². The Morgan fingerprint density at radius 2 is 1.33 bits per heavy atom. The number of unbranched alkanes of at least 4 members (excludes halogenated alkanes) is 1. The van der Waals surface area contributed by atoms with Crippen molar-refractivity contribution in [1.29, 1.82) is 0 Å². The van der Waals surface area contributed by atoms with Gasteiger partial charge in [-0.25, -0.2) is 0 Å². The van der Waals surface area contributed by atoms with Gasteiger partial charge in [-0.05, 0) is 60.2 Å². The van der Waals surface area contributed by atoms with E-state index in [1.165, 1.54) is 71.1 Å². The maximum Gasteiger partial charge on any atom is 0.0232 e. The van der Waals surface area contributed by atoms with Gasteiger partial charge in [-0.1, -0.05) is 142 Å². The normalized spacial score (nSPS) is 17.4. The molecule has 0 aromatic carbocycles. The average Bonchev–Trinajstić information content (AvgIpc) is 2.44. The fraction of sp³-hybridized carbons (Fsp3) is 1.00. The molecule has 0 rings (SSSR count). The van der Waals surface area contributed by atoms with Gasteiger partial charge in [0.1, 0.15) is 0 Å². The van der Waals surface area contributed by atoms with E-state index in [2.05, 4.69) is 136 Å². The Balaban J connectivity index is 4.37. The van der Waals surface area contributed by atoms with E-state index in [1.54, 1.807) is 0 Å². The van der Waals surface area contributed by atoms with Crippen LogP contribution in [0.4, 0.5) is 0 Å². The van der Waals surface area contributed by atoms with Crippen LogP contribution >= 0.6 is 136 Å². The summed E-state index contributed by atoms with van der Waals surface area (Å²) in [5, 5.41) is 0. The molecule has 0 aliphatic carbocycles. The predicted molar refractivity (Wildman–Crippen MR) is 151 cm³/mol. The largest absolute Gasteiger partial charge is 0.0864 e. The molecule has 21 heavy (non-hydrogen) atoms. The molecule has 0 amide bonds. The van der Waals surface area contributed by atoms with Crippen molar-refractivity contribution in [2.24, 2.45) is 0 Å². The Hall–Kier alpha value is 4.38. The fourth-order valence-corrected chi connectivity index (χ4v) is 9.24. The van der Waals surface area contributed by atoms with Crippen molar-refractivity contribution in [3.05, 3.63) is 0 Å². The average molecular weight is 968 g/mol. The van der Waals surface area contributed by atoms with Crippen LogP contribution in [0, 0.1) is 0 Å². The van der Waals surface area contributed by atoms with E-state index in [0.717, 1.165) is 7.85 Å². The summed E-state index contributed by atoms with van der Waals surface area (Å²) in [6.45, 7) is 0. The summed E-state index contributed by atoms with van der Waals surface area (Å²) in [4.78, 5) is 0. The van der Waals surface area contributed by atoms with Crippen LogP contribution in [0.5, 0.6) is 0 Å². The standard InChI is InChI=1S/C15H26I6/c16-9-2-1-7-15(21,8-5-13(19)6-11-18)12-14(20)4-3-10-17/h13-14H,1-12H2. The second-order valence-electron chi connectivity index (χ2n) is 5.54. The molecular formula is C15H26I6. The highest BCUT2D eigenvalue weighted by Crippen LogP contribution is 2.39. The number of halogens is 6. The number of hydrogen-bond donors (Lipinski definition) is 0. The Morgan fingerprint density at radius 3 is 1.90 bits per heavy atom. The van der Waals surface area contributed by atoms with E-state index in [0.29, 0.717) is 3.42 Å². The van der Waals surface area contributed by atoms with Gasteiger partial charge in [0.25, 0.3) is 0 Å². The quantitative estimate of drug-likeness (QED) is 0.0931. The van der Waals surface area contributed by atoms with Crippen LogP contribution < -0.4 is 0 Å². The zero-order valence-electron chi connectivity index (χ0n) is 12.4. The van der Waals surface area contributed by atoms with E-state index < -0.39 is 0 Å². The van der Waals surface area contributed by atoms with Crippen LogP contribution in [-0.2, 0) is 0 Å². The van der Waals surface area contributed by atoms with Crippen LogP contribution in [0.3, 0.4) is 0 Å². The molecule has 0 aliphatic rings. The third kappa shape index (κ3) is 15.2. The minimum atomic E-state index is 0.551. The molecular weight excluding hydrogens is 942 g/mol. The van der Waals surface area contributed by atoms with Crippen LogP contribution in [-0.4, -0.2) is 24.6 Å². The Morgan fingerprint density at radius 1 is 0.667 bits per heavy atom. The minimum Gasteiger partial charge on any atom is -0.0864 e. The first-order chi connectivity index (χ1) is 9.97. The molecule has 6 heteroatoms. The summed E-state index contributed by atoms with van der Waals surface area (Å²) in [5.41, 5.74) is 0. The fourth-order valence-electron chi connectivity index (χ4n) is 2.34. The number of hydrogen-bond acceptors (Lipinski definition) is 0. The van der Waals surface area contributed by atoms with Gasteiger partial charge in [0.2, 0.25) is 0 Å². The lowest BCUT2D eigenvalue weighted by molar-refractivity contribution is 0.453. The van der Waals surface area contributed by atoms with Gasteiger partial charge in [0.15, 0.2) is 0 Å². The molecule has 0 aromatic rings. The first-order valence-corrected chi connectivity index (χ1v) is 15.8. The summed E-state index contributed by atoms with van der Waals surface area (Å²) in [5.74, 6) is 0. The van der Waals surface area contributed by atoms with E-state index in [4.69, 9.17) is 0 Å². The molecule has 0 nitrogen and oxygen atoms in total. The van der Waals surface area contributed by atoms with Gasteiger partial charge < -0.3 is 0 Å². The monoisotopic (exact) mass is 968 g/mol. The van der Waals surface area contributed by atoms with E-state index in [1.807, 2.05) is 0 Å². The first kappa shape index (κ1) is 25.4. The molecule has 0 bridgehead atoms. The molecule has 0 aliphatic heterocycles. The van der Waals surface area contributed by atoms with Gasteiger partial charge in [-0.2, -0.15) is 0 Å². The molecule has 0 radical (unpaired) electrons. The SMILES string of the molecule is ICCCCC(I)(CCC(I)CCI)CC(I)CCCI. The summed E-state index contributed by atoms with van der Waals surface area (Å²) >= 11 is 15.8. The van der Waals surface area contributed by atoms with Gasteiger partial charge in [0, 0.05) is 15.7 Å². The van der Waals surface area contributed by atoms with Gasteiger partial charge in [-0.15, -0.1) is 0 Å². The van der Waals surface area contributed by atoms with Crippen LogP contribution in [0.2, 0.25) is 0 Å². The molecule has 0 N–H and O–H groups in total. The van der Waals surface area contributed by atoms with E-state index in [-0.39, 0.29) is 0 Å². The zero-order chi connectivity index (χ0) is 16.1. The smallest absolute Gasteiger partial charge is 0.0232 e. The second kappa shape index (κ2) is 16.5. The number of alkyl halides is 6. The molecule has 0 spiro atoms. The third-order valence-electron chi connectivity index (χ3n) is 3.57. The summed E-state index contributed by atoms with van der Waals surface area (Å²) in [6, 6.07) is 0. The summed E-state index contributed by atoms with van der Waals surface area (Å²) in [7, 11) is 0. The Labute approximate surface area is 213 Å². The molecule has 0 saturated carbocycles. The molecule has 0 aromatic heterocycles. The van der Waals surface area contributed by atoms with Crippen molar-refractivity contribution in [2.45, 2.75) is 69.1 Å².